The van der Waals surface area contributed by atoms with E-state index in [-0.39, 0.29) is 18.2 Å². The molecule has 1 aliphatic carbocycles. The molecule has 0 aromatic heterocycles. The van der Waals surface area contributed by atoms with Crippen molar-refractivity contribution in [3.05, 3.63) is 35.1 Å². The average Bonchev–Trinajstić information content (AvgIpc) is 3.16. The van der Waals surface area contributed by atoms with Crippen molar-refractivity contribution in [2.24, 2.45) is 0 Å². The van der Waals surface area contributed by atoms with Gasteiger partial charge in [0, 0.05) is 6.04 Å². The zero-order chi connectivity index (χ0) is 14.0. The minimum absolute atomic E-state index is 0.0294. The van der Waals surface area contributed by atoms with Gasteiger partial charge in [-0.3, -0.25) is 5.32 Å². The molecule has 1 aromatic carbocycles. The first-order valence-corrected chi connectivity index (χ1v) is 6.10. The van der Waals surface area contributed by atoms with Gasteiger partial charge in [-0.2, -0.15) is 0 Å². The molecule has 0 heterocycles. The number of hydrogen-bond donors (Lipinski definition) is 1. The first kappa shape index (κ1) is 13.9. The molecule has 1 aliphatic rings. The van der Waals surface area contributed by atoms with Gasteiger partial charge < -0.3 is 4.74 Å². The van der Waals surface area contributed by atoms with Crippen molar-refractivity contribution in [1.29, 1.82) is 0 Å². The van der Waals surface area contributed by atoms with Gasteiger partial charge in [0.05, 0.1) is 6.61 Å². The smallest absolute Gasteiger partial charge is 0.327 e. The van der Waals surface area contributed by atoms with Crippen LogP contribution < -0.4 is 5.32 Å². The van der Waals surface area contributed by atoms with Crippen LogP contribution in [0.1, 0.15) is 31.4 Å². The predicted octanol–water partition coefficient (Wildman–Crippen LogP) is 2.46. The Balaban J connectivity index is 2.28. The van der Waals surface area contributed by atoms with Crippen molar-refractivity contribution in [1.82, 2.24) is 5.32 Å². The Hall–Kier alpha value is -1.56. The van der Waals surface area contributed by atoms with E-state index in [1.165, 1.54) is 0 Å². The van der Waals surface area contributed by atoms with Gasteiger partial charge in [0.2, 0.25) is 0 Å². The average molecular weight is 273 g/mol. The molecule has 1 unspecified atom stereocenters. The fourth-order valence-electron chi connectivity index (χ4n) is 1.75. The van der Waals surface area contributed by atoms with Crippen LogP contribution in [-0.4, -0.2) is 18.6 Å². The van der Waals surface area contributed by atoms with Gasteiger partial charge in [-0.15, -0.1) is 0 Å². The second-order valence-electron chi connectivity index (χ2n) is 4.42. The lowest BCUT2D eigenvalue weighted by Gasteiger charge is -2.17. The molecular formula is C13H14F3NO2. The summed E-state index contributed by atoms with van der Waals surface area (Å²) in [4.78, 5) is 11.8. The van der Waals surface area contributed by atoms with E-state index in [9.17, 15) is 18.0 Å². The van der Waals surface area contributed by atoms with Crippen molar-refractivity contribution in [3.8, 4) is 0 Å². The van der Waals surface area contributed by atoms with Gasteiger partial charge in [0.15, 0.2) is 17.5 Å². The molecule has 2 rings (SSSR count). The van der Waals surface area contributed by atoms with E-state index in [4.69, 9.17) is 4.74 Å². The van der Waals surface area contributed by atoms with E-state index in [1.54, 1.807) is 6.92 Å². The highest BCUT2D eigenvalue weighted by Crippen LogP contribution is 2.26. The van der Waals surface area contributed by atoms with Crippen LogP contribution in [-0.2, 0) is 9.53 Å². The van der Waals surface area contributed by atoms with Gasteiger partial charge in [-0.05, 0) is 37.5 Å². The zero-order valence-electron chi connectivity index (χ0n) is 10.4. The lowest BCUT2D eigenvalue weighted by molar-refractivity contribution is -0.145. The number of carbonyl (C=O) groups excluding carboxylic acids is 1. The SMILES string of the molecule is CCOC(=O)C(NC1CC1)c1cc(F)c(F)c(F)c1. The molecule has 0 spiro atoms. The van der Waals surface area contributed by atoms with Crippen LogP contribution in [0.15, 0.2) is 12.1 Å². The Kier molecular flexibility index (Phi) is 4.09. The highest BCUT2D eigenvalue weighted by Gasteiger charge is 2.31. The summed E-state index contributed by atoms with van der Waals surface area (Å²) in [5, 5.41) is 2.94. The molecular weight excluding hydrogens is 259 g/mol. The van der Waals surface area contributed by atoms with Gasteiger partial charge in [0.1, 0.15) is 6.04 Å². The molecule has 6 heteroatoms. The number of carbonyl (C=O) groups is 1. The maximum absolute atomic E-state index is 13.2. The maximum Gasteiger partial charge on any atom is 0.327 e. The van der Waals surface area contributed by atoms with Gasteiger partial charge in [-0.25, -0.2) is 18.0 Å². The highest BCUT2D eigenvalue weighted by molar-refractivity contribution is 5.77. The van der Waals surface area contributed by atoms with Gasteiger partial charge in [0.25, 0.3) is 0 Å². The van der Waals surface area contributed by atoms with Crippen molar-refractivity contribution in [3.63, 3.8) is 0 Å². The highest BCUT2D eigenvalue weighted by atomic mass is 19.2. The van der Waals surface area contributed by atoms with Crippen LogP contribution in [0.5, 0.6) is 0 Å². The van der Waals surface area contributed by atoms with E-state index in [0.717, 1.165) is 25.0 Å². The first-order valence-electron chi connectivity index (χ1n) is 6.10. The lowest BCUT2D eigenvalue weighted by Crippen LogP contribution is -2.32. The minimum Gasteiger partial charge on any atom is -0.465 e. The Morgan fingerprint density at radius 3 is 2.42 bits per heavy atom. The molecule has 3 nitrogen and oxygen atoms in total. The normalized spacial score (nSPS) is 16.2. The van der Waals surface area contributed by atoms with Crippen LogP contribution in [0.4, 0.5) is 13.2 Å². The largest absolute Gasteiger partial charge is 0.465 e. The topological polar surface area (TPSA) is 38.3 Å². The van der Waals surface area contributed by atoms with Gasteiger partial charge in [-0.1, -0.05) is 0 Å². The molecule has 0 radical (unpaired) electrons. The quantitative estimate of drug-likeness (QED) is 0.661. The number of nitrogens with one attached hydrogen (secondary N) is 1. The van der Waals surface area contributed by atoms with Crippen LogP contribution in [0.25, 0.3) is 0 Å². The number of ether oxygens (including phenoxy) is 1. The third kappa shape index (κ3) is 3.26. The number of hydrogen-bond acceptors (Lipinski definition) is 3. The summed E-state index contributed by atoms with van der Waals surface area (Å²) < 4.78 is 44.2. The molecule has 104 valence electrons. The van der Waals surface area contributed by atoms with Crippen molar-refractivity contribution in [2.45, 2.75) is 31.8 Å². The Morgan fingerprint density at radius 1 is 1.37 bits per heavy atom. The zero-order valence-corrected chi connectivity index (χ0v) is 10.4. The van der Waals surface area contributed by atoms with E-state index in [1.807, 2.05) is 0 Å². The summed E-state index contributed by atoms with van der Waals surface area (Å²) in [5.74, 6) is -4.80. The predicted molar refractivity (Wildman–Crippen MR) is 61.8 cm³/mol. The van der Waals surface area contributed by atoms with E-state index in [0.29, 0.717) is 0 Å². The van der Waals surface area contributed by atoms with Crippen LogP contribution in [0.3, 0.4) is 0 Å². The number of benzene rings is 1. The standard InChI is InChI=1S/C13H14F3NO2/c1-2-19-13(18)12(17-8-3-4-8)7-5-9(14)11(16)10(15)6-7/h5-6,8,12,17H,2-4H2,1H3. The second-order valence-corrected chi connectivity index (χ2v) is 4.42. The summed E-state index contributed by atoms with van der Waals surface area (Å²) in [7, 11) is 0. The Bertz CT molecular complexity index is 466. The minimum atomic E-state index is -1.54. The monoisotopic (exact) mass is 273 g/mol. The molecule has 1 atom stereocenters. The summed E-state index contributed by atoms with van der Waals surface area (Å²) in [6, 6.07) is 0.785. The Labute approximate surface area is 108 Å². The van der Waals surface area contributed by atoms with E-state index < -0.39 is 29.5 Å². The first-order chi connectivity index (χ1) is 9.02. The summed E-state index contributed by atoms with van der Waals surface area (Å²) in [5.41, 5.74) is 0.0294. The van der Waals surface area contributed by atoms with Gasteiger partial charge >= 0.3 is 5.97 Å². The fraction of sp³-hybridized carbons (Fsp3) is 0.462. The fourth-order valence-corrected chi connectivity index (χ4v) is 1.75. The number of halogens is 3. The maximum atomic E-state index is 13.2. The van der Waals surface area contributed by atoms with Crippen LogP contribution in [0, 0.1) is 17.5 Å². The Morgan fingerprint density at radius 2 is 1.95 bits per heavy atom. The summed E-state index contributed by atoms with van der Waals surface area (Å²) in [6.07, 6.45) is 1.78. The molecule has 1 fully saturated rings. The van der Waals surface area contributed by atoms with E-state index >= 15 is 0 Å². The lowest BCUT2D eigenvalue weighted by atomic mass is 10.1. The molecule has 1 aromatic rings. The molecule has 0 amide bonds. The molecule has 0 saturated heterocycles. The molecule has 0 bridgehead atoms. The van der Waals surface area contributed by atoms with Crippen molar-refractivity contribution < 1.29 is 22.7 Å². The van der Waals surface area contributed by atoms with Crippen molar-refractivity contribution in [2.75, 3.05) is 6.61 Å². The van der Waals surface area contributed by atoms with Crippen LogP contribution in [0.2, 0.25) is 0 Å². The molecule has 0 aliphatic heterocycles. The second kappa shape index (κ2) is 5.61. The molecule has 1 N–H and O–H groups in total. The third-order valence-corrected chi connectivity index (χ3v) is 2.84. The molecule has 1 saturated carbocycles. The van der Waals surface area contributed by atoms with E-state index in [2.05, 4.69) is 5.32 Å². The summed E-state index contributed by atoms with van der Waals surface area (Å²) >= 11 is 0. The summed E-state index contributed by atoms with van der Waals surface area (Å²) in [6.45, 7) is 1.80. The molecule has 19 heavy (non-hydrogen) atoms. The van der Waals surface area contributed by atoms with Crippen molar-refractivity contribution >= 4 is 5.97 Å². The third-order valence-electron chi connectivity index (χ3n) is 2.84. The number of rotatable bonds is 5. The number of esters is 1. The van der Waals surface area contributed by atoms with Crippen LogP contribution >= 0.6 is 0 Å².